The summed E-state index contributed by atoms with van der Waals surface area (Å²) in [5.74, 6) is 0. The fourth-order valence-corrected chi connectivity index (χ4v) is 1.43. The van der Waals surface area contributed by atoms with E-state index in [1.807, 2.05) is 24.3 Å². The summed E-state index contributed by atoms with van der Waals surface area (Å²) < 4.78 is 4.75. The van der Waals surface area contributed by atoms with Crippen LogP contribution in [0.15, 0.2) is 30.5 Å². The van der Waals surface area contributed by atoms with E-state index < -0.39 is 6.09 Å². The Kier molecular flexibility index (Phi) is 3.49. The van der Waals surface area contributed by atoms with Crippen LogP contribution in [0.25, 0.3) is 11.0 Å². The van der Waals surface area contributed by atoms with Gasteiger partial charge in [0, 0.05) is 0 Å². The Morgan fingerprint density at radius 2 is 2.12 bits per heavy atom. The monoisotopic (exact) mass is 231 g/mol. The van der Waals surface area contributed by atoms with E-state index in [9.17, 15) is 4.79 Å². The number of carbonyl (C=O) groups excluding carboxylic acids is 1. The third-order valence-corrected chi connectivity index (χ3v) is 2.19. The van der Waals surface area contributed by atoms with E-state index >= 15 is 0 Å². The van der Waals surface area contributed by atoms with Crippen molar-refractivity contribution < 1.29 is 9.53 Å². The third-order valence-electron chi connectivity index (χ3n) is 2.19. The van der Waals surface area contributed by atoms with Crippen LogP contribution in [0.2, 0.25) is 0 Å². The molecule has 0 aliphatic rings. The molecule has 0 spiro atoms. The number of para-hydroxylation sites is 2. The first-order valence-electron chi connectivity index (χ1n) is 5.41. The lowest BCUT2D eigenvalue weighted by molar-refractivity contribution is 0.151. The van der Waals surface area contributed by atoms with Crippen molar-refractivity contribution >= 4 is 17.1 Å². The molecule has 0 aliphatic heterocycles. The highest BCUT2D eigenvalue weighted by molar-refractivity contribution is 5.73. The lowest BCUT2D eigenvalue weighted by atomic mass is 10.3. The van der Waals surface area contributed by atoms with E-state index in [0.29, 0.717) is 18.8 Å². The van der Waals surface area contributed by atoms with Crippen molar-refractivity contribution in [3.05, 3.63) is 36.2 Å². The molecule has 0 saturated heterocycles. The molecular formula is C12H13N3O2. The van der Waals surface area contributed by atoms with E-state index in [0.717, 1.165) is 11.0 Å². The number of ether oxygens (including phenoxy) is 1. The molecule has 17 heavy (non-hydrogen) atoms. The van der Waals surface area contributed by atoms with Crippen molar-refractivity contribution in [2.75, 3.05) is 6.61 Å². The van der Waals surface area contributed by atoms with Gasteiger partial charge in [0.05, 0.1) is 36.1 Å². The van der Waals surface area contributed by atoms with Crippen LogP contribution in [-0.4, -0.2) is 22.7 Å². The molecule has 5 nitrogen and oxygen atoms in total. The van der Waals surface area contributed by atoms with Crippen LogP contribution in [0.1, 0.15) is 12.6 Å². The Hall–Kier alpha value is -2.17. The summed E-state index contributed by atoms with van der Waals surface area (Å²) in [4.78, 5) is 19.7. The molecule has 88 valence electrons. The van der Waals surface area contributed by atoms with Crippen molar-refractivity contribution in [2.45, 2.75) is 13.5 Å². The first kappa shape index (κ1) is 11.3. The van der Waals surface area contributed by atoms with Gasteiger partial charge < -0.3 is 10.1 Å². The molecule has 1 amide bonds. The van der Waals surface area contributed by atoms with E-state index in [1.54, 1.807) is 13.1 Å². The zero-order valence-corrected chi connectivity index (χ0v) is 9.51. The van der Waals surface area contributed by atoms with Gasteiger partial charge in [-0.1, -0.05) is 12.1 Å². The molecule has 0 atom stereocenters. The fourth-order valence-electron chi connectivity index (χ4n) is 1.43. The molecule has 0 aliphatic carbocycles. The number of benzene rings is 1. The predicted molar refractivity (Wildman–Crippen MR) is 63.4 cm³/mol. The molecule has 0 saturated carbocycles. The Labute approximate surface area is 98.8 Å². The normalized spacial score (nSPS) is 10.2. The average molecular weight is 231 g/mol. The predicted octanol–water partition coefficient (Wildman–Crippen LogP) is 1.88. The number of hydrogen-bond donors (Lipinski definition) is 1. The van der Waals surface area contributed by atoms with Crippen molar-refractivity contribution in [3.8, 4) is 0 Å². The van der Waals surface area contributed by atoms with Gasteiger partial charge in [-0.15, -0.1) is 0 Å². The summed E-state index contributed by atoms with van der Waals surface area (Å²) in [5.41, 5.74) is 2.36. The average Bonchev–Trinajstić information content (AvgIpc) is 2.36. The zero-order chi connectivity index (χ0) is 12.1. The fraction of sp³-hybridized carbons (Fsp3) is 0.250. The summed E-state index contributed by atoms with van der Waals surface area (Å²) in [6, 6.07) is 7.59. The van der Waals surface area contributed by atoms with Crippen LogP contribution in [-0.2, 0) is 11.3 Å². The topological polar surface area (TPSA) is 64.1 Å². The third kappa shape index (κ3) is 2.90. The molecular weight excluding hydrogens is 218 g/mol. The molecule has 0 fully saturated rings. The van der Waals surface area contributed by atoms with Gasteiger partial charge in [0.1, 0.15) is 0 Å². The molecule has 1 aromatic carbocycles. The second-order valence-corrected chi connectivity index (χ2v) is 3.42. The minimum atomic E-state index is -0.442. The molecule has 1 aromatic heterocycles. The van der Waals surface area contributed by atoms with E-state index in [1.165, 1.54) is 0 Å². The Balaban J connectivity index is 2.06. The molecule has 2 rings (SSSR count). The van der Waals surface area contributed by atoms with Crippen molar-refractivity contribution in [3.63, 3.8) is 0 Å². The quantitative estimate of drug-likeness (QED) is 0.875. The standard InChI is InChI=1S/C12H13N3O2/c1-2-17-12(16)14-8-9-7-13-10-5-3-4-6-11(10)15-9/h3-7H,2,8H2,1H3,(H,14,16). The van der Waals surface area contributed by atoms with Crippen LogP contribution in [0.5, 0.6) is 0 Å². The number of hydrogen-bond acceptors (Lipinski definition) is 4. The SMILES string of the molecule is CCOC(=O)NCc1cnc2ccccc2n1. The van der Waals surface area contributed by atoms with E-state index in [-0.39, 0.29) is 0 Å². The largest absolute Gasteiger partial charge is 0.450 e. The van der Waals surface area contributed by atoms with Crippen molar-refractivity contribution in [1.82, 2.24) is 15.3 Å². The smallest absolute Gasteiger partial charge is 0.407 e. The summed E-state index contributed by atoms with van der Waals surface area (Å²) in [6.07, 6.45) is 1.21. The maximum Gasteiger partial charge on any atom is 0.407 e. The lowest BCUT2D eigenvalue weighted by Crippen LogP contribution is -2.24. The maximum atomic E-state index is 11.1. The number of fused-ring (bicyclic) bond motifs is 1. The van der Waals surface area contributed by atoms with E-state index in [2.05, 4.69) is 15.3 Å². The maximum absolute atomic E-state index is 11.1. The molecule has 5 heteroatoms. The first-order chi connectivity index (χ1) is 8.29. The van der Waals surface area contributed by atoms with Crippen molar-refractivity contribution in [1.29, 1.82) is 0 Å². The summed E-state index contributed by atoms with van der Waals surface area (Å²) in [5, 5.41) is 2.60. The second kappa shape index (κ2) is 5.25. The Bertz CT molecular complexity index is 528. The molecule has 1 heterocycles. The number of aromatic nitrogens is 2. The molecule has 0 unspecified atom stereocenters. The van der Waals surface area contributed by atoms with Gasteiger partial charge in [-0.25, -0.2) is 9.78 Å². The molecule has 0 radical (unpaired) electrons. The summed E-state index contributed by atoms with van der Waals surface area (Å²) in [7, 11) is 0. The minimum Gasteiger partial charge on any atom is -0.450 e. The van der Waals surface area contributed by atoms with Gasteiger partial charge in [0.15, 0.2) is 0 Å². The van der Waals surface area contributed by atoms with Gasteiger partial charge >= 0.3 is 6.09 Å². The number of alkyl carbamates (subject to hydrolysis) is 1. The summed E-state index contributed by atoms with van der Waals surface area (Å²) >= 11 is 0. The van der Waals surface area contributed by atoms with Gasteiger partial charge in [0.25, 0.3) is 0 Å². The zero-order valence-electron chi connectivity index (χ0n) is 9.51. The number of rotatable bonds is 3. The van der Waals surface area contributed by atoms with Gasteiger partial charge in [0.2, 0.25) is 0 Å². The second-order valence-electron chi connectivity index (χ2n) is 3.42. The Morgan fingerprint density at radius 1 is 1.35 bits per heavy atom. The highest BCUT2D eigenvalue weighted by Crippen LogP contribution is 2.08. The highest BCUT2D eigenvalue weighted by atomic mass is 16.5. The number of amides is 1. The van der Waals surface area contributed by atoms with Crippen LogP contribution in [0, 0.1) is 0 Å². The summed E-state index contributed by atoms with van der Waals surface area (Å²) in [6.45, 7) is 2.43. The first-order valence-corrected chi connectivity index (χ1v) is 5.41. The lowest BCUT2D eigenvalue weighted by Gasteiger charge is -2.05. The van der Waals surface area contributed by atoms with Crippen LogP contribution >= 0.6 is 0 Å². The molecule has 1 N–H and O–H groups in total. The van der Waals surface area contributed by atoms with Gasteiger partial charge in [-0.2, -0.15) is 0 Å². The highest BCUT2D eigenvalue weighted by Gasteiger charge is 2.02. The Morgan fingerprint density at radius 3 is 2.88 bits per heavy atom. The van der Waals surface area contributed by atoms with E-state index in [4.69, 9.17) is 4.74 Å². The van der Waals surface area contributed by atoms with Gasteiger partial charge in [-0.3, -0.25) is 4.98 Å². The van der Waals surface area contributed by atoms with Crippen LogP contribution < -0.4 is 5.32 Å². The minimum absolute atomic E-state index is 0.316. The molecule has 0 bridgehead atoms. The van der Waals surface area contributed by atoms with Crippen LogP contribution in [0.3, 0.4) is 0 Å². The number of nitrogens with zero attached hydrogens (tertiary/aromatic N) is 2. The number of carbonyl (C=O) groups is 1. The molecule has 2 aromatic rings. The van der Waals surface area contributed by atoms with Gasteiger partial charge in [-0.05, 0) is 19.1 Å². The van der Waals surface area contributed by atoms with Crippen molar-refractivity contribution in [2.24, 2.45) is 0 Å². The number of nitrogens with one attached hydrogen (secondary N) is 1. The van der Waals surface area contributed by atoms with Crippen LogP contribution in [0.4, 0.5) is 4.79 Å².